The molecule has 19 nitrogen and oxygen atoms in total. The number of carbonyl (C=O) groups excluding carboxylic acids is 5. The van der Waals surface area contributed by atoms with Crippen molar-refractivity contribution in [2.75, 3.05) is 122 Å². The first-order valence-corrected chi connectivity index (χ1v) is 31.4. The molecule has 1 saturated carbocycles. The van der Waals surface area contributed by atoms with Crippen molar-refractivity contribution in [1.82, 2.24) is 40.3 Å². The Kier molecular flexibility index (Phi) is 17.2. The highest BCUT2D eigenvalue weighted by Gasteiger charge is 2.65. The molecule has 6 bridgehead atoms. The summed E-state index contributed by atoms with van der Waals surface area (Å²) < 4.78 is 24.6. The number of hydrazine groups is 1. The summed E-state index contributed by atoms with van der Waals surface area (Å²) in [7, 11) is 5.06. The number of pyridine rings is 1. The normalized spacial score (nSPS) is 31.0. The Balaban J connectivity index is 0.935. The highest BCUT2D eigenvalue weighted by atomic mass is 32.2. The summed E-state index contributed by atoms with van der Waals surface area (Å²) in [5, 5.41) is 4.46. The molecule has 5 amide bonds. The Labute approximate surface area is 495 Å². The van der Waals surface area contributed by atoms with Crippen LogP contribution in [0.5, 0.6) is 0 Å². The number of likely N-dealkylation sites (N-methyl/N-ethyl adjacent to an activating group) is 2. The number of piperazine rings is 1. The SMILES string of the molecule is C=CC(=O)N1CCN(CCOC)C2(CCN(C(=O)N(C)[C@H](C(=O)N[C@@H]3SC[C@@]34C[C@H]3CN(CCO3)c3ccc5c(c3)C(C)(CC(C)(C)COC(=O)[C@@]36CCCN(NC3C6)C4=O)C(c3cccnc3[C@@](C)(S)OC)N5CC)C(C)C)CC2)C1. The molecule has 1 aromatic heterocycles. The summed E-state index contributed by atoms with van der Waals surface area (Å²) in [6, 6.07) is 9.41. The van der Waals surface area contributed by atoms with Crippen LogP contribution in [0.1, 0.15) is 116 Å². The number of carbonyl (C=O) groups is 5. The number of aromatic nitrogens is 1. The van der Waals surface area contributed by atoms with Crippen molar-refractivity contribution in [3.05, 3.63) is 66.0 Å². The number of esters is 1. The van der Waals surface area contributed by atoms with Gasteiger partial charge < -0.3 is 48.8 Å². The number of rotatable bonds is 12. The lowest BCUT2D eigenvalue weighted by atomic mass is 9.66. The van der Waals surface area contributed by atoms with Gasteiger partial charge in [0.05, 0.1) is 53.9 Å². The molecule has 3 unspecified atom stereocenters. The molecule has 7 aliphatic heterocycles. The predicted octanol–water partition coefficient (Wildman–Crippen LogP) is 6.19. The minimum atomic E-state index is -1.08. The van der Waals surface area contributed by atoms with Gasteiger partial charge >= 0.3 is 12.0 Å². The molecule has 2 aromatic rings. The second-order valence-corrected chi connectivity index (χ2v) is 28.1. The molecule has 8 aliphatic rings. The van der Waals surface area contributed by atoms with Crippen molar-refractivity contribution >= 4 is 65.5 Å². The number of hydrogen-bond acceptors (Lipinski definition) is 16. The molecule has 9 atom stereocenters. The van der Waals surface area contributed by atoms with E-state index in [1.807, 2.05) is 36.6 Å². The monoisotopic (exact) mass is 1170 g/mol. The number of cyclic esters (lactones) is 1. The number of ether oxygens (including phenoxy) is 4. The number of thioether (sulfide) groups is 1. The molecule has 2 spiro atoms. The van der Waals surface area contributed by atoms with E-state index in [9.17, 15) is 14.4 Å². The van der Waals surface area contributed by atoms with Crippen LogP contribution in [0.15, 0.2) is 49.2 Å². The van der Waals surface area contributed by atoms with Crippen molar-refractivity contribution in [2.45, 2.75) is 139 Å². The lowest BCUT2D eigenvalue weighted by molar-refractivity contribution is -0.155. The fraction of sp³-hybridized carbons (Fsp3) is 0.705. The first kappa shape index (κ1) is 60.5. The van der Waals surface area contributed by atoms with Crippen molar-refractivity contribution in [1.29, 1.82) is 0 Å². The fourth-order valence-corrected chi connectivity index (χ4v) is 17.0. The number of amides is 5. The van der Waals surface area contributed by atoms with Gasteiger partial charge in [0.1, 0.15) is 11.0 Å². The Morgan fingerprint density at radius 3 is 2.49 bits per heavy atom. The number of piperidine rings is 1. The molecule has 0 radical (unpaired) electrons. The Morgan fingerprint density at radius 2 is 1.80 bits per heavy atom. The fourth-order valence-electron chi connectivity index (χ4n) is 15.4. The zero-order chi connectivity index (χ0) is 58.7. The van der Waals surface area contributed by atoms with Crippen LogP contribution in [0.4, 0.5) is 16.2 Å². The minimum Gasteiger partial charge on any atom is -0.465 e. The summed E-state index contributed by atoms with van der Waals surface area (Å²) in [5.74, 6) is -0.593. The van der Waals surface area contributed by atoms with Crippen LogP contribution in [0.2, 0.25) is 0 Å². The summed E-state index contributed by atoms with van der Waals surface area (Å²) >= 11 is 6.55. The zero-order valence-electron chi connectivity index (χ0n) is 50.2. The Morgan fingerprint density at radius 1 is 1.04 bits per heavy atom. The lowest BCUT2D eigenvalue weighted by Gasteiger charge is -2.54. The van der Waals surface area contributed by atoms with E-state index in [-0.39, 0.29) is 66.0 Å². The largest absolute Gasteiger partial charge is 0.465 e. The standard InChI is InChI=1S/C61H90N10O9S2/c1-12-47(72)68-26-27-69(29-30-77-10)59(37-68)20-24-66(25-21-59)55(76)65(9)48(40(3)4)51(73)63-52-61(39-82-52)33-42-35-67(28-31-79-42)41-17-18-45-44(32-41)57(7,50(70(45)13-2)43-16-14-22-62-49(43)58(8,81)78-11)36-56(5,6)38-80-54(75)60-19-15-23-71(53(61)74)64-46(60)34-60/h12,14,16-18,22,32,40,42,46,48,50,52,64,81H,1,13,15,19-21,23-31,33-39H2,2-11H3,(H,63,73)/t42-,46?,48-,50?,52+,57?,58+,60+,61-/m0/s1. The lowest BCUT2D eigenvalue weighted by Crippen LogP contribution is -2.68. The van der Waals surface area contributed by atoms with Gasteiger partial charge in [-0.2, -0.15) is 0 Å². The van der Waals surface area contributed by atoms with E-state index < -0.39 is 38.0 Å². The highest BCUT2D eigenvalue weighted by Crippen LogP contribution is 2.60. The number of anilines is 2. The van der Waals surface area contributed by atoms with Gasteiger partial charge in [0.2, 0.25) is 17.7 Å². The average molecular weight is 1170 g/mol. The number of morpholine rings is 1. The van der Waals surface area contributed by atoms with Gasteiger partial charge in [0.25, 0.3) is 0 Å². The first-order chi connectivity index (χ1) is 39.0. The summed E-state index contributed by atoms with van der Waals surface area (Å²) in [5.41, 5.74) is 5.56. The molecule has 1 aromatic carbocycles. The zero-order valence-corrected chi connectivity index (χ0v) is 51.9. The van der Waals surface area contributed by atoms with Gasteiger partial charge in [-0.1, -0.05) is 47.3 Å². The van der Waals surface area contributed by atoms with E-state index >= 15 is 9.59 Å². The van der Waals surface area contributed by atoms with Gasteiger partial charge in [-0.15, -0.1) is 24.4 Å². The van der Waals surface area contributed by atoms with Crippen LogP contribution in [0.3, 0.4) is 0 Å². The molecule has 82 heavy (non-hydrogen) atoms. The number of urea groups is 1. The molecular formula is C61H90N10O9S2. The second kappa shape index (κ2) is 23.3. The maximum Gasteiger partial charge on any atom is 0.320 e. The van der Waals surface area contributed by atoms with Gasteiger partial charge in [-0.25, -0.2) is 10.2 Å². The van der Waals surface area contributed by atoms with Crippen LogP contribution in [0, 0.1) is 22.2 Å². The van der Waals surface area contributed by atoms with Gasteiger partial charge in [-0.3, -0.25) is 34.1 Å². The van der Waals surface area contributed by atoms with Gasteiger partial charge in [0.15, 0.2) is 0 Å². The first-order valence-electron chi connectivity index (χ1n) is 29.9. The average Bonchev–Trinajstić information content (AvgIpc) is 2.14. The maximum absolute atomic E-state index is 15.7. The van der Waals surface area contributed by atoms with Crippen LogP contribution in [-0.4, -0.2) is 201 Å². The molecule has 21 heteroatoms. The Bertz CT molecular complexity index is 2760. The quantitative estimate of drug-likeness (QED) is 0.0948. The number of nitrogens with one attached hydrogen (secondary N) is 2. The molecule has 6 fully saturated rings. The van der Waals surface area contributed by atoms with Crippen molar-refractivity contribution in [3.8, 4) is 0 Å². The summed E-state index contributed by atoms with van der Waals surface area (Å²) in [4.78, 5) is 89.2. The minimum absolute atomic E-state index is 0.0923. The summed E-state index contributed by atoms with van der Waals surface area (Å²) in [6.45, 7) is 25.5. The van der Waals surface area contributed by atoms with Gasteiger partial charge in [-0.05, 0) is 106 Å². The third kappa shape index (κ3) is 10.9. The molecule has 5 saturated heterocycles. The maximum atomic E-state index is 15.7. The topological polar surface area (TPSA) is 182 Å². The number of fused-ring (bicyclic) bond motifs is 5. The second-order valence-electron chi connectivity index (χ2n) is 26.2. The molecule has 10 rings (SSSR count). The smallest absolute Gasteiger partial charge is 0.320 e. The third-order valence-electron chi connectivity index (χ3n) is 19.8. The molecule has 8 heterocycles. The van der Waals surface area contributed by atoms with E-state index in [4.69, 9.17) is 36.6 Å². The highest BCUT2D eigenvalue weighted by molar-refractivity contribution is 8.01. The van der Waals surface area contributed by atoms with E-state index in [1.54, 1.807) is 37.4 Å². The predicted molar refractivity (Wildman–Crippen MR) is 320 cm³/mol. The van der Waals surface area contributed by atoms with Crippen molar-refractivity contribution in [3.63, 3.8) is 0 Å². The molecule has 1 aliphatic carbocycles. The van der Waals surface area contributed by atoms with Crippen molar-refractivity contribution in [2.24, 2.45) is 22.2 Å². The molecular weight excluding hydrogens is 1080 g/mol. The van der Waals surface area contributed by atoms with E-state index in [0.29, 0.717) is 116 Å². The third-order valence-corrected chi connectivity index (χ3v) is 21.8. The van der Waals surface area contributed by atoms with Crippen LogP contribution in [0.25, 0.3) is 0 Å². The van der Waals surface area contributed by atoms with Crippen LogP contribution in [-0.2, 0) is 48.5 Å². The van der Waals surface area contributed by atoms with Crippen LogP contribution < -0.4 is 20.5 Å². The van der Waals surface area contributed by atoms with Gasteiger partial charge in [0, 0.05) is 133 Å². The number of methoxy groups -OCH3 is 2. The molecule has 450 valence electrons. The molecule has 2 N–H and O–H groups in total. The van der Waals surface area contributed by atoms with E-state index in [0.717, 1.165) is 35.7 Å². The van der Waals surface area contributed by atoms with Crippen molar-refractivity contribution < 1.29 is 42.9 Å². The van der Waals surface area contributed by atoms with E-state index in [2.05, 4.69) is 84.0 Å². The number of benzene rings is 1. The number of thiol groups is 1. The van der Waals surface area contributed by atoms with Crippen LogP contribution >= 0.6 is 24.4 Å². The number of hydrogen-bond donors (Lipinski definition) is 3. The number of nitrogens with zero attached hydrogens (tertiary/aromatic N) is 8. The Hall–Kier alpha value is -4.64. The summed E-state index contributed by atoms with van der Waals surface area (Å²) in [6.07, 6.45) is 6.88. The number of likely N-dealkylation sites (tertiary alicyclic amines) is 1. The van der Waals surface area contributed by atoms with E-state index in [1.165, 1.54) is 23.4 Å².